The zero-order valence-electron chi connectivity index (χ0n) is 27.6. The van der Waals surface area contributed by atoms with Crippen molar-refractivity contribution >= 4 is 23.6 Å². The first-order valence-corrected chi connectivity index (χ1v) is 15.2. The van der Waals surface area contributed by atoms with Crippen LogP contribution in [0.25, 0.3) is 11.5 Å². The van der Waals surface area contributed by atoms with E-state index in [2.05, 4.69) is 27.6 Å². The summed E-state index contributed by atoms with van der Waals surface area (Å²) in [7, 11) is 1.76. The standard InChI is InChI=1S/C33H45N7O5/c1-22(2)40(32(43)45-33(5,6)7)16-15-34-29(41)20-38(28-17-25(14-13-23(28)3)31-36-35-24(4)44-31)21-30(42)37(8)39-18-26-11-9-10-12-27(26)19-39/h9-14,17,22H,15-16,18-21H2,1-8H3,(H,34,41). The van der Waals surface area contributed by atoms with Crippen molar-refractivity contribution in [1.29, 1.82) is 0 Å². The van der Waals surface area contributed by atoms with Crippen LogP contribution in [0, 0.1) is 13.8 Å². The number of benzene rings is 2. The molecule has 0 fully saturated rings. The second-order valence-electron chi connectivity index (χ2n) is 12.6. The van der Waals surface area contributed by atoms with Crippen molar-refractivity contribution < 1.29 is 23.5 Å². The Morgan fingerprint density at radius 1 is 1.02 bits per heavy atom. The molecule has 3 aromatic rings. The normalized spacial score (nSPS) is 13.0. The van der Waals surface area contributed by atoms with Crippen molar-refractivity contribution in [3.8, 4) is 11.5 Å². The molecule has 0 bridgehead atoms. The molecule has 1 aromatic heterocycles. The molecule has 0 saturated carbocycles. The van der Waals surface area contributed by atoms with E-state index in [-0.39, 0.29) is 44.0 Å². The van der Waals surface area contributed by atoms with Crippen molar-refractivity contribution in [1.82, 2.24) is 30.4 Å². The minimum Gasteiger partial charge on any atom is -0.444 e. The Bertz CT molecular complexity index is 1490. The van der Waals surface area contributed by atoms with E-state index < -0.39 is 11.7 Å². The average molecular weight is 620 g/mol. The Balaban J connectivity index is 1.49. The minimum absolute atomic E-state index is 0.0417. The molecular formula is C33H45N7O5. The quantitative estimate of drug-likeness (QED) is 0.334. The number of anilines is 1. The molecule has 0 radical (unpaired) electrons. The van der Waals surface area contributed by atoms with E-state index in [9.17, 15) is 14.4 Å². The Hall–Kier alpha value is -4.45. The highest BCUT2D eigenvalue weighted by molar-refractivity contribution is 5.87. The number of carbonyl (C=O) groups excluding carboxylic acids is 3. The summed E-state index contributed by atoms with van der Waals surface area (Å²) in [6.07, 6.45) is -0.435. The van der Waals surface area contributed by atoms with Crippen molar-refractivity contribution in [2.75, 3.05) is 38.1 Å². The molecule has 0 atom stereocenters. The Morgan fingerprint density at radius 2 is 1.69 bits per heavy atom. The summed E-state index contributed by atoms with van der Waals surface area (Å²) in [6.45, 7) is 14.5. The maximum Gasteiger partial charge on any atom is 0.410 e. The highest BCUT2D eigenvalue weighted by atomic mass is 16.6. The summed E-state index contributed by atoms with van der Waals surface area (Å²) < 4.78 is 11.2. The molecule has 2 heterocycles. The Labute approximate surface area is 265 Å². The summed E-state index contributed by atoms with van der Waals surface area (Å²) in [5.74, 6) is 0.344. The molecule has 2 aromatic carbocycles. The lowest BCUT2D eigenvalue weighted by molar-refractivity contribution is -0.145. The highest BCUT2D eigenvalue weighted by Gasteiger charge is 2.28. The van der Waals surface area contributed by atoms with Crippen LogP contribution in [0.2, 0.25) is 0 Å². The topological polar surface area (TPSA) is 124 Å². The van der Waals surface area contributed by atoms with Crippen LogP contribution in [0.1, 0.15) is 57.2 Å². The number of likely N-dealkylation sites (N-methyl/N-ethyl adjacent to an activating group) is 1. The van der Waals surface area contributed by atoms with Gasteiger partial charge < -0.3 is 24.3 Å². The smallest absolute Gasteiger partial charge is 0.410 e. The molecule has 12 nitrogen and oxygen atoms in total. The fourth-order valence-corrected chi connectivity index (χ4v) is 5.10. The van der Waals surface area contributed by atoms with Crippen molar-refractivity contribution in [2.45, 2.75) is 73.2 Å². The summed E-state index contributed by atoms with van der Waals surface area (Å²) >= 11 is 0. The van der Waals surface area contributed by atoms with E-state index in [1.54, 1.807) is 28.8 Å². The monoisotopic (exact) mass is 619 g/mol. The molecule has 4 rings (SSSR count). The van der Waals surface area contributed by atoms with E-state index in [4.69, 9.17) is 9.15 Å². The lowest BCUT2D eigenvalue weighted by Crippen LogP contribution is -2.49. The summed E-state index contributed by atoms with van der Waals surface area (Å²) in [5.41, 5.74) is 4.01. The van der Waals surface area contributed by atoms with Crippen LogP contribution >= 0.6 is 0 Å². The molecule has 0 unspecified atom stereocenters. The predicted molar refractivity (Wildman–Crippen MR) is 171 cm³/mol. The van der Waals surface area contributed by atoms with Crippen molar-refractivity contribution in [3.63, 3.8) is 0 Å². The molecule has 45 heavy (non-hydrogen) atoms. The zero-order chi connectivity index (χ0) is 32.9. The van der Waals surface area contributed by atoms with Gasteiger partial charge in [0.1, 0.15) is 5.60 Å². The summed E-state index contributed by atoms with van der Waals surface area (Å²) in [6, 6.07) is 13.7. The van der Waals surface area contributed by atoms with Gasteiger partial charge >= 0.3 is 6.09 Å². The number of nitrogens with one attached hydrogen (secondary N) is 1. The largest absolute Gasteiger partial charge is 0.444 e. The molecule has 0 spiro atoms. The van der Waals surface area contributed by atoms with Gasteiger partial charge in [-0.25, -0.2) is 9.80 Å². The second-order valence-corrected chi connectivity index (χ2v) is 12.6. The van der Waals surface area contributed by atoms with E-state index >= 15 is 0 Å². The van der Waals surface area contributed by atoms with Crippen LogP contribution < -0.4 is 10.2 Å². The van der Waals surface area contributed by atoms with E-state index in [0.29, 0.717) is 36.1 Å². The number of nitrogens with zero attached hydrogens (tertiary/aromatic N) is 6. The second kappa shape index (κ2) is 14.1. The fraction of sp³-hybridized carbons (Fsp3) is 0.485. The fourth-order valence-electron chi connectivity index (χ4n) is 5.10. The molecule has 3 amide bonds. The molecule has 12 heteroatoms. The van der Waals surface area contributed by atoms with Gasteiger partial charge in [-0.05, 0) is 70.4 Å². The van der Waals surface area contributed by atoms with E-state index in [0.717, 1.165) is 5.56 Å². The van der Waals surface area contributed by atoms with Crippen LogP contribution in [-0.4, -0.2) is 87.9 Å². The van der Waals surface area contributed by atoms with Gasteiger partial charge in [-0.1, -0.05) is 30.3 Å². The number of hydrogen-bond donors (Lipinski definition) is 1. The highest BCUT2D eigenvalue weighted by Crippen LogP contribution is 2.28. The lowest BCUT2D eigenvalue weighted by atomic mass is 10.1. The number of ether oxygens (including phenoxy) is 1. The van der Waals surface area contributed by atoms with E-state index in [1.807, 2.05) is 76.9 Å². The maximum atomic E-state index is 13.7. The molecule has 0 saturated heterocycles. The van der Waals surface area contributed by atoms with Gasteiger partial charge in [0.2, 0.25) is 17.7 Å². The number of rotatable bonds is 11. The first kappa shape index (κ1) is 33.4. The number of fused-ring (bicyclic) bond motifs is 1. The van der Waals surface area contributed by atoms with Crippen LogP contribution in [0.5, 0.6) is 0 Å². The third kappa shape index (κ3) is 8.81. The maximum absolute atomic E-state index is 13.7. The first-order chi connectivity index (χ1) is 21.2. The first-order valence-electron chi connectivity index (χ1n) is 15.2. The van der Waals surface area contributed by atoms with E-state index in [1.165, 1.54) is 11.1 Å². The third-order valence-corrected chi connectivity index (χ3v) is 7.52. The van der Waals surface area contributed by atoms with Gasteiger partial charge in [0, 0.05) is 57.4 Å². The third-order valence-electron chi connectivity index (χ3n) is 7.52. The number of amides is 3. The van der Waals surface area contributed by atoms with Crippen molar-refractivity contribution in [3.05, 3.63) is 65.0 Å². The predicted octanol–water partition coefficient (Wildman–Crippen LogP) is 4.31. The van der Waals surface area contributed by atoms with Gasteiger partial charge in [0.25, 0.3) is 5.91 Å². The van der Waals surface area contributed by atoms with Crippen LogP contribution in [0.15, 0.2) is 46.9 Å². The van der Waals surface area contributed by atoms with Gasteiger partial charge in [-0.2, -0.15) is 0 Å². The van der Waals surface area contributed by atoms with Gasteiger partial charge in [-0.15, -0.1) is 10.2 Å². The minimum atomic E-state index is -0.627. The molecule has 1 N–H and O–H groups in total. The van der Waals surface area contributed by atoms with Crippen molar-refractivity contribution in [2.24, 2.45) is 0 Å². The average Bonchev–Trinajstić information content (AvgIpc) is 3.60. The number of aryl methyl sites for hydroxylation is 2. The van der Waals surface area contributed by atoms with Gasteiger partial charge in [0.05, 0.1) is 13.1 Å². The molecule has 1 aliphatic rings. The van der Waals surface area contributed by atoms with Crippen LogP contribution in [-0.2, 0) is 27.4 Å². The molecule has 242 valence electrons. The molecule has 1 aliphatic heterocycles. The summed E-state index contributed by atoms with van der Waals surface area (Å²) in [4.78, 5) is 43.1. The number of aromatic nitrogens is 2. The number of carbonyl (C=O) groups is 3. The zero-order valence-corrected chi connectivity index (χ0v) is 27.6. The lowest BCUT2D eigenvalue weighted by Gasteiger charge is -2.32. The van der Waals surface area contributed by atoms with Crippen LogP contribution in [0.3, 0.4) is 0 Å². The van der Waals surface area contributed by atoms with Crippen LogP contribution in [0.4, 0.5) is 10.5 Å². The molecular weight excluding hydrogens is 574 g/mol. The molecule has 0 aliphatic carbocycles. The SMILES string of the molecule is Cc1nnc(-c2ccc(C)c(N(CC(=O)NCCN(C(=O)OC(C)(C)C)C(C)C)CC(=O)N(C)N3Cc4ccccc4C3)c2)o1. The summed E-state index contributed by atoms with van der Waals surface area (Å²) in [5, 5.41) is 14.6. The Morgan fingerprint density at radius 3 is 2.27 bits per heavy atom. The van der Waals surface area contributed by atoms with Gasteiger partial charge in [-0.3, -0.25) is 14.6 Å². The number of hydrogen-bond acceptors (Lipinski definition) is 9. The Kier molecular flexibility index (Phi) is 10.5. The number of hydrazine groups is 1. The van der Waals surface area contributed by atoms with Gasteiger partial charge in [0.15, 0.2) is 0 Å².